The van der Waals surface area contributed by atoms with E-state index in [-0.39, 0.29) is 5.41 Å². The van der Waals surface area contributed by atoms with Crippen molar-refractivity contribution in [2.45, 2.75) is 102 Å². The van der Waals surface area contributed by atoms with Crippen LogP contribution in [0.1, 0.15) is 92.9 Å². The summed E-state index contributed by atoms with van der Waals surface area (Å²) >= 11 is 0. The number of fused-ring (bicyclic) bond motifs is 2. The Hall–Kier alpha value is -3.48. The van der Waals surface area contributed by atoms with E-state index in [1.807, 2.05) is 0 Å². The number of aryl methyl sites for hydroxylation is 3. The molecule has 48 heavy (non-hydrogen) atoms. The molecule has 3 aliphatic rings. The quantitative estimate of drug-likeness (QED) is 0.149. The van der Waals surface area contributed by atoms with Crippen LogP contribution in [0.2, 0.25) is 0 Å². The van der Waals surface area contributed by atoms with Gasteiger partial charge in [0.15, 0.2) is 0 Å². The molecule has 2 nitrogen and oxygen atoms in total. The largest absolute Gasteiger partial charge is 0.507 e. The minimum absolute atomic E-state index is 0.242. The van der Waals surface area contributed by atoms with E-state index in [1.54, 1.807) is 0 Å². The second kappa shape index (κ2) is 13.1. The Morgan fingerprint density at radius 2 is 1.29 bits per heavy atom. The van der Waals surface area contributed by atoms with Crippen molar-refractivity contribution in [1.82, 2.24) is 0 Å². The van der Waals surface area contributed by atoms with Gasteiger partial charge in [0.1, 0.15) is 5.75 Å². The third-order valence-corrected chi connectivity index (χ3v) is 15.3. The molecular weight excluding hydrogens is 601 g/mol. The van der Waals surface area contributed by atoms with Crippen LogP contribution in [0.15, 0.2) is 89.9 Å². The summed E-state index contributed by atoms with van der Waals surface area (Å²) in [7, 11) is -0.413. The van der Waals surface area contributed by atoms with Gasteiger partial charge in [-0.25, -0.2) is 0 Å². The van der Waals surface area contributed by atoms with Gasteiger partial charge in [-0.3, -0.25) is 4.99 Å². The van der Waals surface area contributed by atoms with Gasteiger partial charge in [-0.2, -0.15) is 0 Å². The van der Waals surface area contributed by atoms with Crippen molar-refractivity contribution in [3.05, 3.63) is 107 Å². The standard InChI is InChI=1S/C45H50NOP/c1-30-27-31(2)42(32(3)28-30)46-44-45(35-17-6-4-7-18-35,25-26-48(44)36-19-8-5-9-20-36)40-24-14-23-39(43(40)47)41-37-21-12-10-15-33(37)29-34-16-11-13-22-38(34)41/h10-16,21-24,27-29,35-36,47H,4-9,17-20,25-26H2,1-3H3. The lowest BCUT2D eigenvalue weighted by Gasteiger charge is -2.43. The van der Waals surface area contributed by atoms with Crippen molar-refractivity contribution in [1.29, 1.82) is 0 Å². The van der Waals surface area contributed by atoms with Gasteiger partial charge in [0.25, 0.3) is 0 Å². The van der Waals surface area contributed by atoms with Gasteiger partial charge in [-0.05, 0) is 109 Å². The highest BCUT2D eigenvalue weighted by molar-refractivity contribution is 7.76. The van der Waals surface area contributed by atoms with Crippen molar-refractivity contribution in [3.63, 3.8) is 0 Å². The Bertz CT molecular complexity index is 1940. The number of benzene rings is 5. The summed E-state index contributed by atoms with van der Waals surface area (Å²) in [4.78, 5) is 5.94. The molecule has 5 aromatic rings. The molecule has 1 saturated heterocycles. The Morgan fingerprint density at radius 3 is 1.94 bits per heavy atom. The second-order valence-electron chi connectivity index (χ2n) is 15.1. The summed E-state index contributed by atoms with van der Waals surface area (Å²) in [6.07, 6.45) is 15.4. The van der Waals surface area contributed by atoms with Crippen LogP contribution in [-0.2, 0) is 5.41 Å². The van der Waals surface area contributed by atoms with Crippen LogP contribution in [0.4, 0.5) is 5.69 Å². The van der Waals surface area contributed by atoms with Crippen LogP contribution in [0, 0.1) is 26.7 Å². The van der Waals surface area contributed by atoms with Crippen LogP contribution < -0.4 is 0 Å². The van der Waals surface area contributed by atoms with E-state index < -0.39 is 7.92 Å². The van der Waals surface area contributed by atoms with E-state index in [9.17, 15) is 5.11 Å². The van der Waals surface area contributed by atoms with E-state index in [1.165, 1.54) is 120 Å². The maximum atomic E-state index is 12.9. The molecule has 0 bridgehead atoms. The lowest BCUT2D eigenvalue weighted by molar-refractivity contribution is 0.257. The van der Waals surface area contributed by atoms with Gasteiger partial charge in [0, 0.05) is 22.1 Å². The normalized spacial score (nSPS) is 23.4. The van der Waals surface area contributed by atoms with Gasteiger partial charge in [-0.15, -0.1) is 0 Å². The van der Waals surface area contributed by atoms with E-state index in [0.717, 1.165) is 28.8 Å². The van der Waals surface area contributed by atoms with Gasteiger partial charge < -0.3 is 5.11 Å². The summed E-state index contributed by atoms with van der Waals surface area (Å²) in [5.41, 5.74) is 10.3. The fourth-order valence-corrected chi connectivity index (χ4v) is 13.7. The molecule has 8 rings (SSSR count). The molecule has 2 aliphatic carbocycles. The van der Waals surface area contributed by atoms with Gasteiger partial charge >= 0.3 is 0 Å². The number of nitrogens with zero attached hydrogens (tertiary/aromatic N) is 1. The molecule has 2 saturated carbocycles. The first-order valence-electron chi connectivity index (χ1n) is 18.6. The number of hydrogen-bond acceptors (Lipinski definition) is 2. The fourth-order valence-electron chi connectivity index (χ4n) is 10.0. The summed E-state index contributed by atoms with van der Waals surface area (Å²) in [6, 6.07) is 31.0. The molecule has 3 fully saturated rings. The maximum absolute atomic E-state index is 12.9. The zero-order chi connectivity index (χ0) is 32.8. The van der Waals surface area contributed by atoms with Crippen LogP contribution in [-0.4, -0.2) is 22.4 Å². The number of rotatable bonds is 5. The Labute approximate surface area is 288 Å². The summed E-state index contributed by atoms with van der Waals surface area (Å²) < 4.78 is 0. The Morgan fingerprint density at radius 1 is 0.688 bits per heavy atom. The molecule has 0 aromatic heterocycles. The fraction of sp³-hybridized carbons (Fsp3) is 0.400. The lowest BCUT2D eigenvalue weighted by atomic mass is 9.63. The number of para-hydroxylation sites is 1. The van der Waals surface area contributed by atoms with Crippen molar-refractivity contribution in [3.8, 4) is 16.9 Å². The SMILES string of the molecule is Cc1cc(C)c(N=C2P(C3CCCCC3)CCC2(c2cccc(-c3c4ccccc4cc4ccccc34)c2O)C2CCCCC2)c(C)c1. The predicted molar refractivity (Wildman–Crippen MR) is 208 cm³/mol. The zero-order valence-electron chi connectivity index (χ0n) is 29.1. The van der Waals surface area contributed by atoms with E-state index in [0.29, 0.717) is 11.7 Å². The Kier molecular flexibility index (Phi) is 8.67. The Balaban J connectivity index is 1.40. The average Bonchev–Trinajstić information content (AvgIpc) is 3.49. The molecule has 0 spiro atoms. The van der Waals surface area contributed by atoms with Crippen LogP contribution in [0.5, 0.6) is 5.75 Å². The lowest BCUT2D eigenvalue weighted by Crippen LogP contribution is -2.41. The first kappa shape index (κ1) is 31.8. The molecule has 0 radical (unpaired) electrons. The van der Waals surface area contributed by atoms with Crippen LogP contribution in [0.3, 0.4) is 0 Å². The maximum Gasteiger partial charge on any atom is 0.127 e. The van der Waals surface area contributed by atoms with E-state index in [4.69, 9.17) is 4.99 Å². The molecule has 1 N–H and O–H groups in total. The van der Waals surface area contributed by atoms with E-state index in [2.05, 4.69) is 106 Å². The molecule has 2 unspecified atom stereocenters. The smallest absolute Gasteiger partial charge is 0.127 e. The van der Waals surface area contributed by atoms with E-state index >= 15 is 0 Å². The number of aromatic hydroxyl groups is 1. The molecule has 3 heteroatoms. The first-order chi connectivity index (χ1) is 23.5. The highest BCUT2D eigenvalue weighted by atomic mass is 31.1. The van der Waals surface area contributed by atoms with Gasteiger partial charge in [0.05, 0.1) is 11.1 Å². The molecular formula is C45H50NOP. The highest BCUT2D eigenvalue weighted by Crippen LogP contribution is 2.66. The number of phenols is 1. The monoisotopic (exact) mass is 651 g/mol. The third-order valence-electron chi connectivity index (χ3n) is 12.1. The van der Waals surface area contributed by atoms with Crippen molar-refractivity contribution in [2.75, 3.05) is 6.16 Å². The minimum Gasteiger partial charge on any atom is -0.507 e. The molecule has 246 valence electrons. The molecule has 5 aromatic carbocycles. The molecule has 0 amide bonds. The summed E-state index contributed by atoms with van der Waals surface area (Å²) in [6.45, 7) is 6.71. The van der Waals surface area contributed by atoms with Gasteiger partial charge in [0.2, 0.25) is 0 Å². The van der Waals surface area contributed by atoms with Crippen molar-refractivity contribution in [2.24, 2.45) is 10.9 Å². The number of phenolic OH excluding ortho intramolecular Hbond substituents is 1. The van der Waals surface area contributed by atoms with Crippen molar-refractivity contribution >= 4 is 40.6 Å². The first-order valence-corrected chi connectivity index (χ1v) is 20.2. The zero-order valence-corrected chi connectivity index (χ0v) is 30.0. The topological polar surface area (TPSA) is 32.6 Å². The van der Waals surface area contributed by atoms with Crippen LogP contribution in [0.25, 0.3) is 32.7 Å². The molecule has 1 heterocycles. The van der Waals surface area contributed by atoms with Gasteiger partial charge in [-0.1, -0.05) is 131 Å². The highest BCUT2D eigenvalue weighted by Gasteiger charge is 2.54. The molecule has 2 atom stereocenters. The van der Waals surface area contributed by atoms with Crippen LogP contribution >= 0.6 is 7.92 Å². The van der Waals surface area contributed by atoms with Crippen molar-refractivity contribution < 1.29 is 5.11 Å². The predicted octanol–water partition coefficient (Wildman–Crippen LogP) is 13.1. The number of hydrogen-bond donors (Lipinski definition) is 1. The third kappa shape index (κ3) is 5.40. The minimum atomic E-state index is -0.413. The summed E-state index contributed by atoms with van der Waals surface area (Å²) in [5.74, 6) is 0.979. The summed E-state index contributed by atoms with van der Waals surface area (Å²) in [5, 5.41) is 17.7. The number of aliphatic imine (C=N–C) groups is 1. The average molecular weight is 652 g/mol. The molecule has 1 aliphatic heterocycles. The second-order valence-corrected chi connectivity index (χ2v) is 17.7.